The van der Waals surface area contributed by atoms with Crippen LogP contribution in [-0.2, 0) is 0 Å². The first-order chi connectivity index (χ1) is 9.10. The number of methoxy groups -OCH3 is 1. The maximum absolute atomic E-state index is 5.28. The molecular weight excluding hydrogens is 254 g/mol. The maximum Gasteiger partial charge on any atom is 0.119 e. The van der Waals surface area contributed by atoms with Gasteiger partial charge in [0.2, 0.25) is 0 Å². The Balaban J connectivity index is 2.66. The first-order valence-corrected chi connectivity index (χ1v) is 8.25. The number of ether oxygens (including phenoxy) is 1. The Morgan fingerprint density at radius 1 is 1.32 bits per heavy atom. The second-order valence-electron chi connectivity index (χ2n) is 4.97. The molecule has 1 aromatic carbocycles. The summed E-state index contributed by atoms with van der Waals surface area (Å²) in [4.78, 5) is 0. The van der Waals surface area contributed by atoms with Gasteiger partial charge in [-0.25, -0.2) is 0 Å². The summed E-state index contributed by atoms with van der Waals surface area (Å²) in [5.74, 6) is 0.924. The SMILES string of the molecule is CCC(CC)(CNC(C)c1cccc(OC)c1)SC. The van der Waals surface area contributed by atoms with Gasteiger partial charge in [0.05, 0.1) is 7.11 Å². The second-order valence-corrected chi connectivity index (χ2v) is 6.25. The van der Waals surface area contributed by atoms with E-state index in [-0.39, 0.29) is 0 Å². The summed E-state index contributed by atoms with van der Waals surface area (Å²) in [6.07, 6.45) is 4.61. The molecule has 0 spiro atoms. The maximum atomic E-state index is 5.28. The zero-order valence-corrected chi connectivity index (χ0v) is 13.6. The molecule has 0 aliphatic rings. The predicted molar refractivity (Wildman–Crippen MR) is 86.2 cm³/mol. The number of rotatable bonds is 8. The van der Waals surface area contributed by atoms with Gasteiger partial charge in [0.15, 0.2) is 0 Å². The molecular formula is C16H27NOS. The lowest BCUT2D eigenvalue weighted by molar-refractivity contribution is 0.412. The summed E-state index contributed by atoms with van der Waals surface area (Å²) in [6.45, 7) is 7.81. The van der Waals surface area contributed by atoms with E-state index in [1.807, 2.05) is 23.9 Å². The number of hydrogen-bond acceptors (Lipinski definition) is 3. The van der Waals surface area contributed by atoms with E-state index in [2.05, 4.69) is 44.5 Å². The molecule has 1 rings (SSSR count). The van der Waals surface area contributed by atoms with Crippen LogP contribution in [0.15, 0.2) is 24.3 Å². The molecule has 3 heteroatoms. The van der Waals surface area contributed by atoms with Crippen molar-refractivity contribution < 1.29 is 4.74 Å². The molecule has 0 bridgehead atoms. The summed E-state index contributed by atoms with van der Waals surface area (Å²) in [6, 6.07) is 8.64. The molecule has 2 nitrogen and oxygen atoms in total. The lowest BCUT2D eigenvalue weighted by atomic mass is 10.0. The minimum Gasteiger partial charge on any atom is -0.497 e. The summed E-state index contributed by atoms with van der Waals surface area (Å²) in [5, 5.41) is 3.67. The Bertz CT molecular complexity index is 369. The summed E-state index contributed by atoms with van der Waals surface area (Å²) < 4.78 is 5.64. The highest BCUT2D eigenvalue weighted by Gasteiger charge is 2.25. The molecule has 0 fully saturated rings. The zero-order valence-electron chi connectivity index (χ0n) is 12.8. The molecule has 0 aromatic heterocycles. The monoisotopic (exact) mass is 281 g/mol. The molecule has 19 heavy (non-hydrogen) atoms. The number of nitrogens with one attached hydrogen (secondary N) is 1. The van der Waals surface area contributed by atoms with Gasteiger partial charge in [-0.2, -0.15) is 11.8 Å². The minimum atomic E-state index is 0.347. The van der Waals surface area contributed by atoms with Crippen molar-refractivity contribution in [1.82, 2.24) is 5.32 Å². The van der Waals surface area contributed by atoms with E-state index >= 15 is 0 Å². The number of benzene rings is 1. The summed E-state index contributed by atoms with van der Waals surface area (Å²) in [5.41, 5.74) is 1.28. The van der Waals surface area contributed by atoms with E-state index < -0.39 is 0 Å². The average Bonchev–Trinajstić information content (AvgIpc) is 2.49. The Kier molecular flexibility index (Phi) is 6.73. The van der Waals surface area contributed by atoms with Crippen LogP contribution >= 0.6 is 11.8 Å². The van der Waals surface area contributed by atoms with E-state index in [0.717, 1.165) is 12.3 Å². The Labute approximate surface area is 122 Å². The fourth-order valence-corrected chi connectivity index (χ4v) is 3.03. The van der Waals surface area contributed by atoms with Crippen molar-refractivity contribution in [2.24, 2.45) is 0 Å². The Morgan fingerprint density at radius 2 is 2.00 bits per heavy atom. The molecule has 0 saturated heterocycles. The highest BCUT2D eigenvalue weighted by atomic mass is 32.2. The first kappa shape index (κ1) is 16.4. The van der Waals surface area contributed by atoms with Crippen LogP contribution in [-0.4, -0.2) is 24.7 Å². The first-order valence-electron chi connectivity index (χ1n) is 7.03. The van der Waals surface area contributed by atoms with Crippen LogP contribution in [0.3, 0.4) is 0 Å². The summed E-state index contributed by atoms with van der Waals surface area (Å²) in [7, 11) is 1.71. The third-order valence-electron chi connectivity index (χ3n) is 4.05. The largest absolute Gasteiger partial charge is 0.497 e. The lowest BCUT2D eigenvalue weighted by Gasteiger charge is -2.31. The van der Waals surface area contributed by atoms with Gasteiger partial charge in [-0.15, -0.1) is 0 Å². The van der Waals surface area contributed by atoms with Crippen LogP contribution in [0.25, 0.3) is 0 Å². The van der Waals surface area contributed by atoms with Gasteiger partial charge in [0.1, 0.15) is 5.75 Å². The lowest BCUT2D eigenvalue weighted by Crippen LogP contribution is -2.37. The topological polar surface area (TPSA) is 21.3 Å². The normalized spacial score (nSPS) is 13.3. The molecule has 0 heterocycles. The molecule has 0 amide bonds. The fraction of sp³-hybridized carbons (Fsp3) is 0.625. The van der Waals surface area contributed by atoms with Gasteiger partial charge in [-0.05, 0) is 43.7 Å². The van der Waals surface area contributed by atoms with Crippen molar-refractivity contribution in [2.75, 3.05) is 19.9 Å². The third kappa shape index (κ3) is 4.43. The minimum absolute atomic E-state index is 0.347. The molecule has 1 unspecified atom stereocenters. The standard InChI is InChI=1S/C16H27NOS/c1-6-16(7-2,19-5)12-17-13(3)14-9-8-10-15(11-14)18-4/h8-11,13,17H,6-7,12H2,1-5H3. The zero-order chi connectivity index (χ0) is 14.3. The van der Waals surface area contributed by atoms with Gasteiger partial charge in [-0.1, -0.05) is 26.0 Å². The van der Waals surface area contributed by atoms with Gasteiger partial charge in [0.25, 0.3) is 0 Å². The van der Waals surface area contributed by atoms with Gasteiger partial charge in [-0.3, -0.25) is 0 Å². The van der Waals surface area contributed by atoms with Gasteiger partial charge < -0.3 is 10.1 Å². The quantitative estimate of drug-likeness (QED) is 0.769. The van der Waals surface area contributed by atoms with E-state index in [1.165, 1.54) is 18.4 Å². The molecule has 1 atom stereocenters. The fourth-order valence-electron chi connectivity index (χ4n) is 2.23. The second kappa shape index (κ2) is 7.81. The van der Waals surface area contributed by atoms with Gasteiger partial charge >= 0.3 is 0 Å². The van der Waals surface area contributed by atoms with Crippen LogP contribution in [0.2, 0.25) is 0 Å². The average molecular weight is 281 g/mol. The van der Waals surface area contributed by atoms with Crippen LogP contribution in [0.1, 0.15) is 45.2 Å². The van der Waals surface area contributed by atoms with Crippen molar-refractivity contribution in [2.45, 2.75) is 44.4 Å². The molecule has 0 aliphatic heterocycles. The number of thioether (sulfide) groups is 1. The highest BCUT2D eigenvalue weighted by molar-refractivity contribution is 8.00. The molecule has 0 radical (unpaired) electrons. The van der Waals surface area contributed by atoms with Crippen LogP contribution in [0, 0.1) is 0 Å². The van der Waals surface area contributed by atoms with E-state index in [1.54, 1.807) is 7.11 Å². The van der Waals surface area contributed by atoms with Crippen LogP contribution < -0.4 is 10.1 Å². The van der Waals surface area contributed by atoms with Gasteiger partial charge in [0, 0.05) is 17.3 Å². The molecule has 1 aromatic rings. The third-order valence-corrected chi connectivity index (χ3v) is 5.63. The number of hydrogen-bond donors (Lipinski definition) is 1. The smallest absolute Gasteiger partial charge is 0.119 e. The van der Waals surface area contributed by atoms with Crippen molar-refractivity contribution in [3.05, 3.63) is 29.8 Å². The molecule has 1 N–H and O–H groups in total. The molecule has 108 valence electrons. The molecule has 0 saturated carbocycles. The van der Waals surface area contributed by atoms with Crippen molar-refractivity contribution >= 4 is 11.8 Å². The Hall–Kier alpha value is -0.670. The Morgan fingerprint density at radius 3 is 2.53 bits per heavy atom. The van der Waals surface area contributed by atoms with Crippen LogP contribution in [0.5, 0.6) is 5.75 Å². The van der Waals surface area contributed by atoms with E-state index in [9.17, 15) is 0 Å². The van der Waals surface area contributed by atoms with E-state index in [4.69, 9.17) is 4.74 Å². The van der Waals surface area contributed by atoms with Crippen LogP contribution in [0.4, 0.5) is 0 Å². The van der Waals surface area contributed by atoms with E-state index in [0.29, 0.717) is 10.8 Å². The summed E-state index contributed by atoms with van der Waals surface area (Å²) >= 11 is 1.98. The van der Waals surface area contributed by atoms with Crippen molar-refractivity contribution in [3.8, 4) is 5.75 Å². The predicted octanol–water partition coefficient (Wildman–Crippen LogP) is 4.27. The van der Waals surface area contributed by atoms with Crippen molar-refractivity contribution in [3.63, 3.8) is 0 Å². The van der Waals surface area contributed by atoms with Crippen molar-refractivity contribution in [1.29, 1.82) is 0 Å². The molecule has 0 aliphatic carbocycles. The highest BCUT2D eigenvalue weighted by Crippen LogP contribution is 2.30.